The Morgan fingerprint density at radius 3 is 1.48 bits per heavy atom. The summed E-state index contributed by atoms with van der Waals surface area (Å²) >= 11 is 0. The van der Waals surface area contributed by atoms with Crippen LogP contribution >= 0.6 is 0 Å². The average Bonchev–Trinajstić information content (AvgIpc) is 3.47. The molecule has 3 heterocycles. The maximum Gasteiger partial charge on any atom is 0.344 e. The Balaban J connectivity index is 1.53. The molecule has 212 valence electrons. The van der Waals surface area contributed by atoms with Crippen molar-refractivity contribution in [2.45, 2.75) is 5.92 Å². The Hall–Kier alpha value is -6.17. The fraction of sp³-hybridized carbons (Fsp3) is 0.0333. The van der Waals surface area contributed by atoms with Crippen LogP contribution in [0.4, 0.5) is 0 Å². The molecular weight excluding hydrogens is 548 g/mol. The van der Waals surface area contributed by atoms with Gasteiger partial charge in [-0.05, 0) is 47.5 Å². The molecule has 0 unspecified atom stereocenters. The lowest BCUT2D eigenvalue weighted by Gasteiger charge is -2.16. The zero-order chi connectivity index (χ0) is 30.0. The monoisotopic (exact) mass is 570 g/mol. The number of imidazole rings is 1. The number of hydrogen-bond donors (Lipinski definition) is 7. The molecule has 0 fully saturated rings. The number of benzene rings is 2. The number of hydrogen-bond acceptors (Lipinski definition) is 11. The van der Waals surface area contributed by atoms with Crippen LogP contribution in [0, 0.1) is 0 Å². The molecule has 7 N–H and O–H groups in total. The van der Waals surface area contributed by atoms with Crippen LogP contribution in [0.3, 0.4) is 0 Å². The summed E-state index contributed by atoms with van der Waals surface area (Å²) in [6.45, 7) is 0. The average molecular weight is 571 g/mol. The number of nitrogens with one attached hydrogen (secondary N) is 1. The first-order chi connectivity index (χ1) is 20.1. The quantitative estimate of drug-likeness (QED) is 0.139. The zero-order valence-electron chi connectivity index (χ0n) is 21.4. The van der Waals surface area contributed by atoms with E-state index in [1.54, 1.807) is 0 Å². The lowest BCUT2D eigenvalue weighted by Crippen LogP contribution is -2.22. The van der Waals surface area contributed by atoms with Gasteiger partial charge < -0.3 is 44.5 Å². The van der Waals surface area contributed by atoms with Gasteiger partial charge in [0.2, 0.25) is 0 Å². The van der Waals surface area contributed by atoms with E-state index in [0.29, 0.717) is 11.1 Å². The summed E-state index contributed by atoms with van der Waals surface area (Å²) < 4.78 is 10.7. The summed E-state index contributed by atoms with van der Waals surface area (Å²) in [4.78, 5) is 33.2. The smallest absolute Gasteiger partial charge is 0.344 e. The van der Waals surface area contributed by atoms with E-state index in [4.69, 9.17) is 8.83 Å². The molecule has 0 atom stereocenters. The maximum absolute atomic E-state index is 13.1. The lowest BCUT2D eigenvalue weighted by atomic mass is 9.91. The normalized spacial score (nSPS) is 12.3. The maximum atomic E-state index is 13.1. The van der Waals surface area contributed by atoms with Crippen LogP contribution in [0.1, 0.15) is 45.5 Å². The molecule has 0 bridgehead atoms. The number of aromatic hydroxyl groups is 6. The molecule has 0 saturated heterocycles. The van der Waals surface area contributed by atoms with E-state index >= 15 is 0 Å². The van der Waals surface area contributed by atoms with Crippen LogP contribution in [0.2, 0.25) is 0 Å². The van der Waals surface area contributed by atoms with Gasteiger partial charge in [0.05, 0.1) is 17.0 Å². The minimum atomic E-state index is -1.41. The van der Waals surface area contributed by atoms with Gasteiger partial charge in [0.25, 0.3) is 0 Å². The molecule has 0 aliphatic heterocycles. The largest absolute Gasteiger partial charge is 0.507 e. The third-order valence-electron chi connectivity index (χ3n) is 6.22. The van der Waals surface area contributed by atoms with Gasteiger partial charge in [-0.2, -0.15) is 0 Å². The highest BCUT2D eigenvalue weighted by Gasteiger charge is 2.32. The number of nitrogens with zero attached hydrogens (tertiary/aromatic N) is 1. The number of aromatic nitrogens is 2. The van der Waals surface area contributed by atoms with Crippen molar-refractivity contribution < 1.29 is 39.5 Å². The summed E-state index contributed by atoms with van der Waals surface area (Å²) in [5, 5.41) is 60.0. The minimum Gasteiger partial charge on any atom is -0.507 e. The Morgan fingerprint density at radius 1 is 0.619 bits per heavy atom. The van der Waals surface area contributed by atoms with Gasteiger partial charge in [-0.25, -0.2) is 14.6 Å². The fourth-order valence-electron chi connectivity index (χ4n) is 4.21. The van der Waals surface area contributed by atoms with Crippen molar-refractivity contribution in [1.29, 1.82) is 0 Å². The molecule has 42 heavy (non-hydrogen) atoms. The zero-order valence-corrected chi connectivity index (χ0v) is 21.4. The van der Waals surface area contributed by atoms with Gasteiger partial charge >= 0.3 is 11.3 Å². The van der Waals surface area contributed by atoms with E-state index in [0.717, 1.165) is 12.1 Å². The van der Waals surface area contributed by atoms with Crippen molar-refractivity contribution in [3.8, 4) is 34.5 Å². The number of aromatic amines is 1. The van der Waals surface area contributed by atoms with Crippen molar-refractivity contribution in [1.82, 2.24) is 9.97 Å². The SMILES string of the molecule is O=c1oc(C=Cc2ccc(O)c(O)c2)cc(O)c1C(c1ncc[nH]1)c1c(O)cc(C=Cc2ccc(O)c(O)c2)oc1=O. The summed E-state index contributed by atoms with van der Waals surface area (Å²) in [6, 6.07) is 10.4. The van der Waals surface area contributed by atoms with E-state index in [1.165, 1.54) is 73.1 Å². The van der Waals surface area contributed by atoms with E-state index in [2.05, 4.69) is 9.97 Å². The van der Waals surface area contributed by atoms with Crippen molar-refractivity contribution in [3.63, 3.8) is 0 Å². The first kappa shape index (κ1) is 27.4. The van der Waals surface area contributed by atoms with Gasteiger partial charge in [-0.3, -0.25) is 0 Å². The summed E-state index contributed by atoms with van der Waals surface area (Å²) in [6.07, 6.45) is 8.40. The van der Waals surface area contributed by atoms with Crippen molar-refractivity contribution >= 4 is 24.3 Å². The molecule has 12 heteroatoms. The summed E-state index contributed by atoms with van der Waals surface area (Å²) in [5.74, 6) is -3.94. The lowest BCUT2D eigenvalue weighted by molar-refractivity contribution is 0.403. The van der Waals surface area contributed by atoms with Crippen LogP contribution in [-0.2, 0) is 0 Å². The molecule has 0 amide bonds. The van der Waals surface area contributed by atoms with Crippen molar-refractivity contribution in [3.05, 3.63) is 121 Å². The molecule has 2 aromatic carbocycles. The minimum absolute atomic E-state index is 0.0333. The third-order valence-corrected chi connectivity index (χ3v) is 6.22. The first-order valence-corrected chi connectivity index (χ1v) is 12.2. The number of phenols is 4. The molecule has 3 aromatic heterocycles. The Bertz CT molecular complexity index is 1830. The van der Waals surface area contributed by atoms with Gasteiger partial charge in [0.15, 0.2) is 23.0 Å². The molecule has 0 radical (unpaired) electrons. The highest BCUT2D eigenvalue weighted by Crippen LogP contribution is 2.37. The summed E-state index contributed by atoms with van der Waals surface area (Å²) in [7, 11) is 0. The van der Waals surface area contributed by atoms with E-state index in [9.17, 15) is 40.2 Å². The highest BCUT2D eigenvalue weighted by molar-refractivity contribution is 5.70. The molecular formula is C30H22N2O10. The number of rotatable bonds is 7. The number of phenolic OH excluding ortho intramolecular Hbond substituents is 4. The van der Waals surface area contributed by atoms with Crippen LogP contribution in [0.5, 0.6) is 34.5 Å². The second-order valence-corrected chi connectivity index (χ2v) is 9.04. The van der Waals surface area contributed by atoms with Crippen LogP contribution in [-0.4, -0.2) is 40.6 Å². The molecule has 0 saturated carbocycles. The van der Waals surface area contributed by atoms with Crippen LogP contribution in [0.25, 0.3) is 24.3 Å². The number of H-pyrrole nitrogens is 1. The van der Waals surface area contributed by atoms with Gasteiger partial charge in [0.1, 0.15) is 28.8 Å². The van der Waals surface area contributed by atoms with Crippen molar-refractivity contribution in [2.24, 2.45) is 0 Å². The second kappa shape index (κ2) is 11.1. The predicted octanol–water partition coefficient (Wildman–Crippen LogP) is 4.07. The fourth-order valence-corrected chi connectivity index (χ4v) is 4.21. The molecule has 5 rings (SSSR count). The standard InChI is InChI=1S/C30H22N2O10/c33-19-7-3-15(11-21(19)35)1-5-17-13-23(37)25(29(39)41-17)27(28-31-9-10-32-28)26-24(38)14-18(42-30(26)40)6-2-16-4-8-20(34)22(36)12-16/h1-14,27,33-38H,(H,31,32). The molecule has 0 spiro atoms. The Labute approximate surface area is 235 Å². The first-order valence-electron chi connectivity index (χ1n) is 12.2. The third kappa shape index (κ3) is 5.58. The van der Waals surface area contributed by atoms with E-state index < -0.39 is 39.8 Å². The predicted molar refractivity (Wildman–Crippen MR) is 150 cm³/mol. The van der Waals surface area contributed by atoms with Gasteiger partial charge in [0, 0.05) is 24.5 Å². The Kier molecular flexibility index (Phi) is 7.26. The summed E-state index contributed by atoms with van der Waals surface area (Å²) in [5.41, 5.74) is -1.92. The topological polar surface area (TPSA) is 210 Å². The van der Waals surface area contributed by atoms with E-state index in [-0.39, 0.29) is 40.3 Å². The molecule has 0 aliphatic carbocycles. The van der Waals surface area contributed by atoms with Gasteiger partial charge in [-0.15, -0.1) is 0 Å². The van der Waals surface area contributed by atoms with E-state index in [1.807, 2.05) is 0 Å². The van der Waals surface area contributed by atoms with Crippen LogP contribution < -0.4 is 11.3 Å². The Morgan fingerprint density at radius 2 is 1.10 bits per heavy atom. The molecule has 12 nitrogen and oxygen atoms in total. The molecule has 5 aromatic rings. The second-order valence-electron chi connectivity index (χ2n) is 9.04. The van der Waals surface area contributed by atoms with Gasteiger partial charge in [-0.1, -0.05) is 24.3 Å². The van der Waals surface area contributed by atoms with Crippen molar-refractivity contribution in [2.75, 3.05) is 0 Å². The highest BCUT2D eigenvalue weighted by atomic mass is 16.4. The molecule has 0 aliphatic rings. The van der Waals surface area contributed by atoms with Crippen LogP contribution in [0.15, 0.2) is 79.3 Å².